The Labute approximate surface area is 166 Å². The number of nitrogen functional groups attached to an aromatic ring is 1. The predicted octanol–water partition coefficient (Wildman–Crippen LogP) is 2.76. The van der Waals surface area contributed by atoms with Crippen LogP contribution in [0.3, 0.4) is 0 Å². The molecule has 3 heterocycles. The first-order valence-electron chi connectivity index (χ1n) is 9.55. The zero-order valence-electron chi connectivity index (χ0n) is 15.3. The van der Waals surface area contributed by atoms with Crippen molar-refractivity contribution in [2.75, 3.05) is 11.1 Å². The minimum absolute atomic E-state index is 0.238. The van der Waals surface area contributed by atoms with Gasteiger partial charge in [-0.3, -0.25) is 14.2 Å². The predicted molar refractivity (Wildman–Crippen MR) is 106 cm³/mol. The number of halogens is 1. The summed E-state index contributed by atoms with van der Waals surface area (Å²) in [5.41, 5.74) is 5.60. The quantitative estimate of drug-likeness (QED) is 0.714. The molecule has 0 unspecified atom stereocenters. The van der Waals surface area contributed by atoms with Crippen LogP contribution in [0.4, 0.5) is 17.3 Å². The highest BCUT2D eigenvalue weighted by atomic mass is 35.5. The maximum Gasteiger partial charge on any atom is 0.276 e. The van der Waals surface area contributed by atoms with E-state index in [1.807, 2.05) is 0 Å². The first kappa shape index (κ1) is 17.5. The number of hydrogen-bond donors (Lipinski definition) is 3. The molecule has 28 heavy (non-hydrogen) atoms. The average molecular weight is 401 g/mol. The van der Waals surface area contributed by atoms with Gasteiger partial charge in [-0.1, -0.05) is 18.0 Å². The molecule has 2 saturated carbocycles. The van der Waals surface area contributed by atoms with E-state index in [4.69, 9.17) is 17.3 Å². The third-order valence-electron chi connectivity index (χ3n) is 6.65. The molecule has 2 fully saturated rings. The van der Waals surface area contributed by atoms with Crippen molar-refractivity contribution in [1.29, 1.82) is 0 Å². The van der Waals surface area contributed by atoms with Crippen LogP contribution in [0.15, 0.2) is 23.3 Å². The highest BCUT2D eigenvalue weighted by molar-refractivity contribution is 6.34. The summed E-state index contributed by atoms with van der Waals surface area (Å²) in [5, 5.41) is 6.28. The van der Waals surface area contributed by atoms with E-state index in [-0.39, 0.29) is 33.7 Å². The van der Waals surface area contributed by atoms with Crippen molar-refractivity contribution in [3.8, 4) is 0 Å². The lowest BCUT2D eigenvalue weighted by Gasteiger charge is -2.50. The third kappa shape index (κ3) is 2.51. The molecule has 0 atom stereocenters. The Kier molecular flexibility index (Phi) is 3.71. The lowest BCUT2D eigenvalue weighted by molar-refractivity contribution is 0.0116. The molecule has 2 spiro atoms. The van der Waals surface area contributed by atoms with E-state index in [0.717, 1.165) is 25.7 Å². The fourth-order valence-electron chi connectivity index (χ4n) is 4.92. The monoisotopic (exact) mass is 400 g/mol. The molecule has 0 aromatic carbocycles. The smallest absolute Gasteiger partial charge is 0.276 e. The molecule has 0 bridgehead atoms. The Morgan fingerprint density at radius 3 is 2.50 bits per heavy atom. The number of nitrogens with one attached hydrogen (secondary N) is 2. The Morgan fingerprint density at radius 2 is 1.86 bits per heavy atom. The van der Waals surface area contributed by atoms with E-state index in [1.54, 1.807) is 4.57 Å². The van der Waals surface area contributed by atoms with Gasteiger partial charge < -0.3 is 16.4 Å². The van der Waals surface area contributed by atoms with Crippen LogP contribution in [-0.2, 0) is 5.66 Å². The number of carbonyl (C=O) groups excluding carboxylic acids is 1. The molecular formula is C19H21ClN6O2. The maximum absolute atomic E-state index is 13.3. The van der Waals surface area contributed by atoms with Gasteiger partial charge in [0.15, 0.2) is 0 Å². The van der Waals surface area contributed by atoms with E-state index in [2.05, 4.69) is 20.6 Å². The summed E-state index contributed by atoms with van der Waals surface area (Å²) in [6.45, 7) is 0. The minimum Gasteiger partial charge on any atom is -0.384 e. The van der Waals surface area contributed by atoms with Crippen molar-refractivity contribution in [1.82, 2.24) is 19.9 Å². The molecule has 4 N–H and O–H groups in total. The van der Waals surface area contributed by atoms with Crippen molar-refractivity contribution in [3.63, 3.8) is 0 Å². The van der Waals surface area contributed by atoms with Crippen LogP contribution in [0, 0.1) is 5.41 Å². The molecule has 2 aromatic heterocycles. The number of hydrogen-bond acceptors (Lipinski definition) is 6. The fraction of sp³-hybridized carbons (Fsp3) is 0.474. The van der Waals surface area contributed by atoms with Gasteiger partial charge in [0.25, 0.3) is 11.5 Å². The normalized spacial score (nSPS) is 21.2. The Bertz CT molecular complexity index is 1040. The molecular weight excluding hydrogens is 380 g/mol. The van der Waals surface area contributed by atoms with Crippen LogP contribution in [0.2, 0.25) is 5.02 Å². The van der Waals surface area contributed by atoms with Crippen LogP contribution >= 0.6 is 11.6 Å². The van der Waals surface area contributed by atoms with Crippen molar-refractivity contribution < 1.29 is 4.79 Å². The van der Waals surface area contributed by atoms with Crippen LogP contribution in [0.25, 0.3) is 0 Å². The van der Waals surface area contributed by atoms with Gasteiger partial charge in [-0.05, 0) is 50.0 Å². The second-order valence-corrected chi connectivity index (χ2v) is 8.59. The van der Waals surface area contributed by atoms with Crippen LogP contribution in [0.1, 0.15) is 55.4 Å². The van der Waals surface area contributed by atoms with E-state index in [0.29, 0.717) is 11.2 Å². The molecule has 9 heteroatoms. The molecule has 5 rings (SSSR count). The third-order valence-corrected chi connectivity index (χ3v) is 6.93. The SMILES string of the molecule is Nc1cc(Nc2cc(Cl)c3n(c2=O)C2(CCC4(CCC4)CC2)NC3=O)ncn1. The number of rotatable bonds is 2. The van der Waals surface area contributed by atoms with Crippen molar-refractivity contribution in [3.05, 3.63) is 39.5 Å². The van der Waals surface area contributed by atoms with Crippen LogP contribution in [0.5, 0.6) is 0 Å². The van der Waals surface area contributed by atoms with Gasteiger partial charge in [-0.25, -0.2) is 9.97 Å². The molecule has 0 saturated heterocycles. The highest BCUT2D eigenvalue weighted by Gasteiger charge is 2.51. The summed E-state index contributed by atoms with van der Waals surface area (Å²) >= 11 is 6.42. The molecule has 8 nitrogen and oxygen atoms in total. The molecule has 3 aliphatic rings. The molecule has 2 aliphatic carbocycles. The van der Waals surface area contributed by atoms with Gasteiger partial charge in [-0.15, -0.1) is 0 Å². The lowest BCUT2D eigenvalue weighted by atomic mass is 9.59. The van der Waals surface area contributed by atoms with Gasteiger partial charge in [0, 0.05) is 6.07 Å². The number of carbonyl (C=O) groups is 1. The maximum atomic E-state index is 13.3. The summed E-state index contributed by atoms with van der Waals surface area (Å²) in [6.07, 6.45) is 8.59. The first-order valence-corrected chi connectivity index (χ1v) is 9.92. The van der Waals surface area contributed by atoms with E-state index >= 15 is 0 Å². The molecule has 1 amide bonds. The van der Waals surface area contributed by atoms with Crippen molar-refractivity contribution in [2.24, 2.45) is 5.41 Å². The number of fused-ring (bicyclic) bond motifs is 2. The zero-order valence-corrected chi connectivity index (χ0v) is 16.1. The lowest BCUT2D eigenvalue weighted by Crippen LogP contribution is -2.52. The highest BCUT2D eigenvalue weighted by Crippen LogP contribution is 2.55. The Morgan fingerprint density at radius 1 is 1.11 bits per heavy atom. The molecule has 0 radical (unpaired) electrons. The topological polar surface area (TPSA) is 115 Å². The van der Waals surface area contributed by atoms with E-state index in [1.165, 1.54) is 37.7 Å². The standard InChI is InChI=1S/C19H21ClN6O2/c20-11-8-12(24-14-9-13(21)22-10-23-14)17(28)26-15(11)16(27)25-19(26)6-4-18(5-7-19)2-1-3-18/h8-10H,1-7H2,(H,25,27)(H3,21,22,23,24). The number of amides is 1. The fourth-order valence-corrected chi connectivity index (χ4v) is 5.20. The molecule has 146 valence electrons. The van der Waals surface area contributed by atoms with E-state index in [9.17, 15) is 9.59 Å². The summed E-state index contributed by atoms with van der Waals surface area (Å²) < 4.78 is 1.57. The Balaban J connectivity index is 1.56. The van der Waals surface area contributed by atoms with Gasteiger partial charge in [0.05, 0.1) is 5.02 Å². The first-order chi connectivity index (χ1) is 13.4. The number of nitrogens with two attached hydrogens (primary N) is 1. The van der Waals surface area contributed by atoms with Crippen molar-refractivity contribution >= 4 is 34.8 Å². The summed E-state index contributed by atoms with van der Waals surface area (Å²) in [6, 6.07) is 3.01. The second kappa shape index (κ2) is 5.94. The minimum atomic E-state index is -0.698. The Hall–Kier alpha value is -2.61. The second-order valence-electron chi connectivity index (χ2n) is 8.19. The summed E-state index contributed by atoms with van der Waals surface area (Å²) in [4.78, 5) is 33.9. The molecule has 1 aliphatic heterocycles. The summed E-state index contributed by atoms with van der Waals surface area (Å²) in [5.74, 6) is 0.394. The van der Waals surface area contributed by atoms with Gasteiger partial charge >= 0.3 is 0 Å². The zero-order chi connectivity index (χ0) is 19.5. The number of aromatic nitrogens is 3. The average Bonchev–Trinajstić information content (AvgIpc) is 2.91. The largest absolute Gasteiger partial charge is 0.384 e. The molecule has 2 aromatic rings. The number of anilines is 3. The van der Waals surface area contributed by atoms with E-state index < -0.39 is 5.66 Å². The number of pyridine rings is 1. The number of nitrogens with zero attached hydrogens (tertiary/aromatic N) is 3. The van der Waals surface area contributed by atoms with Gasteiger partial charge in [-0.2, -0.15) is 0 Å². The van der Waals surface area contributed by atoms with Gasteiger partial charge in [0.2, 0.25) is 0 Å². The van der Waals surface area contributed by atoms with Crippen LogP contribution < -0.4 is 21.9 Å². The summed E-state index contributed by atoms with van der Waals surface area (Å²) in [7, 11) is 0. The van der Waals surface area contributed by atoms with Crippen molar-refractivity contribution in [2.45, 2.75) is 50.6 Å². The van der Waals surface area contributed by atoms with Gasteiger partial charge in [0.1, 0.15) is 35.0 Å². The van der Waals surface area contributed by atoms with Crippen LogP contribution in [-0.4, -0.2) is 20.4 Å².